The topological polar surface area (TPSA) is 83.6 Å². The van der Waals surface area contributed by atoms with E-state index in [1.165, 1.54) is 4.31 Å². The third-order valence-corrected chi connectivity index (χ3v) is 5.28. The van der Waals surface area contributed by atoms with Crippen molar-refractivity contribution >= 4 is 15.7 Å². The second-order valence-corrected chi connectivity index (χ2v) is 6.40. The van der Waals surface area contributed by atoms with Crippen LogP contribution in [0.1, 0.15) is 18.4 Å². The molecule has 0 aromatic heterocycles. The molecule has 0 heterocycles. The summed E-state index contributed by atoms with van der Waals surface area (Å²) in [4.78, 5) is 0.239. The van der Waals surface area contributed by atoms with Gasteiger partial charge in [-0.3, -0.25) is 0 Å². The van der Waals surface area contributed by atoms with Crippen LogP contribution >= 0.6 is 0 Å². The number of anilines is 1. The number of benzene rings is 1. The van der Waals surface area contributed by atoms with Gasteiger partial charge in [0.1, 0.15) is 0 Å². The van der Waals surface area contributed by atoms with Crippen LogP contribution in [0.4, 0.5) is 5.69 Å². The lowest BCUT2D eigenvalue weighted by atomic mass is 10.2. The lowest BCUT2D eigenvalue weighted by Gasteiger charge is -2.22. The number of hydrogen-bond acceptors (Lipinski definition) is 4. The molecule has 0 spiro atoms. The van der Waals surface area contributed by atoms with Crippen molar-refractivity contribution in [1.29, 1.82) is 0 Å². The van der Waals surface area contributed by atoms with E-state index in [2.05, 4.69) is 0 Å². The first-order valence-electron chi connectivity index (χ1n) is 5.96. The highest BCUT2D eigenvalue weighted by atomic mass is 32.2. The Balaban J connectivity index is 2.43. The van der Waals surface area contributed by atoms with Gasteiger partial charge in [0.25, 0.3) is 0 Å². The van der Waals surface area contributed by atoms with Crippen molar-refractivity contribution in [2.75, 3.05) is 18.9 Å². The Bertz CT molecular complexity index is 538. The van der Waals surface area contributed by atoms with E-state index in [1.807, 2.05) is 0 Å². The predicted molar refractivity (Wildman–Crippen MR) is 69.6 cm³/mol. The van der Waals surface area contributed by atoms with Gasteiger partial charge in [-0.05, 0) is 37.5 Å². The molecular formula is C12H18N2O3S. The number of rotatable bonds is 5. The minimum atomic E-state index is -3.56. The van der Waals surface area contributed by atoms with Gasteiger partial charge in [-0.25, -0.2) is 8.42 Å². The highest BCUT2D eigenvalue weighted by Crippen LogP contribution is 2.33. The van der Waals surface area contributed by atoms with Gasteiger partial charge in [-0.2, -0.15) is 4.31 Å². The number of aliphatic hydroxyl groups is 1. The summed E-state index contributed by atoms with van der Waals surface area (Å²) in [5, 5.41) is 9.02. The second kappa shape index (κ2) is 4.87. The average molecular weight is 270 g/mol. The van der Waals surface area contributed by atoms with Crippen molar-refractivity contribution in [3.63, 3.8) is 0 Å². The number of aliphatic hydroxyl groups excluding tert-OH is 1. The normalized spacial score (nSPS) is 16.2. The van der Waals surface area contributed by atoms with Gasteiger partial charge < -0.3 is 10.8 Å². The van der Waals surface area contributed by atoms with Crippen molar-refractivity contribution < 1.29 is 13.5 Å². The fourth-order valence-electron chi connectivity index (χ4n) is 2.00. The molecule has 3 N–H and O–H groups in total. The molecule has 0 atom stereocenters. The molecule has 0 saturated heterocycles. The molecule has 1 aliphatic carbocycles. The van der Waals surface area contributed by atoms with E-state index in [0.717, 1.165) is 12.8 Å². The molecule has 5 nitrogen and oxygen atoms in total. The SMILES string of the molecule is Cc1c(N)cccc1S(=O)(=O)N(CCO)C1CC1. The zero-order chi connectivity index (χ0) is 13.3. The van der Waals surface area contributed by atoms with Crippen LogP contribution < -0.4 is 5.73 Å². The predicted octanol–water partition coefficient (Wildman–Crippen LogP) is 0.723. The van der Waals surface area contributed by atoms with Crippen LogP contribution in [0.2, 0.25) is 0 Å². The summed E-state index contributed by atoms with van der Waals surface area (Å²) >= 11 is 0. The number of nitrogen functional groups attached to an aromatic ring is 1. The summed E-state index contributed by atoms with van der Waals surface area (Å²) in [7, 11) is -3.56. The molecule has 0 amide bonds. The lowest BCUT2D eigenvalue weighted by Crippen LogP contribution is -2.35. The second-order valence-electron chi connectivity index (χ2n) is 4.54. The van der Waals surface area contributed by atoms with Crippen LogP contribution in [0.5, 0.6) is 0 Å². The van der Waals surface area contributed by atoms with E-state index in [4.69, 9.17) is 10.8 Å². The Hall–Kier alpha value is -1.11. The molecule has 1 fully saturated rings. The monoisotopic (exact) mass is 270 g/mol. The molecule has 1 aliphatic rings. The number of sulfonamides is 1. The summed E-state index contributed by atoms with van der Waals surface area (Å²) < 4.78 is 26.5. The summed E-state index contributed by atoms with van der Waals surface area (Å²) in [6, 6.07) is 4.91. The minimum Gasteiger partial charge on any atom is -0.398 e. The fourth-order valence-corrected chi connectivity index (χ4v) is 3.93. The quantitative estimate of drug-likeness (QED) is 0.772. The molecule has 1 saturated carbocycles. The number of hydrogen-bond donors (Lipinski definition) is 2. The highest BCUT2D eigenvalue weighted by molar-refractivity contribution is 7.89. The first-order chi connectivity index (χ1) is 8.48. The average Bonchev–Trinajstić information content (AvgIpc) is 3.13. The molecule has 18 heavy (non-hydrogen) atoms. The smallest absolute Gasteiger partial charge is 0.243 e. The summed E-state index contributed by atoms with van der Waals surface area (Å²) in [6.07, 6.45) is 1.72. The molecule has 1 aromatic carbocycles. The molecule has 6 heteroatoms. The molecule has 0 aliphatic heterocycles. The fraction of sp³-hybridized carbons (Fsp3) is 0.500. The van der Waals surface area contributed by atoms with E-state index in [9.17, 15) is 8.42 Å². The summed E-state index contributed by atoms with van der Waals surface area (Å²) in [6.45, 7) is 1.67. The van der Waals surface area contributed by atoms with Crippen LogP contribution in [-0.4, -0.2) is 37.0 Å². The number of nitrogens with zero attached hydrogens (tertiary/aromatic N) is 1. The van der Waals surface area contributed by atoms with E-state index in [1.54, 1.807) is 25.1 Å². The van der Waals surface area contributed by atoms with Crippen molar-refractivity contribution in [1.82, 2.24) is 4.31 Å². The van der Waals surface area contributed by atoms with Gasteiger partial charge in [-0.1, -0.05) is 6.07 Å². The van der Waals surface area contributed by atoms with Crippen molar-refractivity contribution in [2.45, 2.75) is 30.7 Å². The molecule has 0 radical (unpaired) electrons. The van der Waals surface area contributed by atoms with E-state index >= 15 is 0 Å². The lowest BCUT2D eigenvalue weighted by molar-refractivity contribution is 0.250. The highest BCUT2D eigenvalue weighted by Gasteiger charge is 2.38. The maximum Gasteiger partial charge on any atom is 0.243 e. The molecule has 2 rings (SSSR count). The Morgan fingerprint density at radius 3 is 2.67 bits per heavy atom. The summed E-state index contributed by atoms with van der Waals surface area (Å²) in [5.74, 6) is 0. The first-order valence-corrected chi connectivity index (χ1v) is 7.40. The van der Waals surface area contributed by atoms with Crippen LogP contribution in [-0.2, 0) is 10.0 Å². The maximum absolute atomic E-state index is 12.5. The molecule has 0 unspecified atom stereocenters. The van der Waals surface area contributed by atoms with Crippen LogP contribution in [0.25, 0.3) is 0 Å². The zero-order valence-corrected chi connectivity index (χ0v) is 11.2. The Kier molecular flexibility index (Phi) is 3.61. The third-order valence-electron chi connectivity index (χ3n) is 3.19. The van der Waals surface area contributed by atoms with Crippen LogP contribution in [0.15, 0.2) is 23.1 Å². The van der Waals surface area contributed by atoms with Gasteiger partial charge >= 0.3 is 0 Å². The first kappa shape index (κ1) is 13.3. The van der Waals surface area contributed by atoms with Gasteiger partial charge in [0.2, 0.25) is 10.0 Å². The van der Waals surface area contributed by atoms with Gasteiger partial charge in [-0.15, -0.1) is 0 Å². The Morgan fingerprint density at radius 2 is 2.11 bits per heavy atom. The zero-order valence-electron chi connectivity index (χ0n) is 10.3. The van der Waals surface area contributed by atoms with E-state index in [-0.39, 0.29) is 24.1 Å². The van der Waals surface area contributed by atoms with E-state index in [0.29, 0.717) is 11.3 Å². The Labute approximate surface area is 107 Å². The molecular weight excluding hydrogens is 252 g/mol. The van der Waals surface area contributed by atoms with Gasteiger partial charge in [0.15, 0.2) is 0 Å². The van der Waals surface area contributed by atoms with Crippen molar-refractivity contribution in [3.05, 3.63) is 23.8 Å². The maximum atomic E-state index is 12.5. The minimum absolute atomic E-state index is 0.0305. The van der Waals surface area contributed by atoms with E-state index < -0.39 is 10.0 Å². The largest absolute Gasteiger partial charge is 0.398 e. The van der Waals surface area contributed by atoms with Crippen molar-refractivity contribution in [3.8, 4) is 0 Å². The molecule has 100 valence electrons. The van der Waals surface area contributed by atoms with Crippen LogP contribution in [0, 0.1) is 6.92 Å². The molecule has 1 aromatic rings. The third kappa shape index (κ3) is 2.36. The summed E-state index contributed by atoms with van der Waals surface area (Å²) in [5.41, 5.74) is 6.79. The van der Waals surface area contributed by atoms with Crippen molar-refractivity contribution in [2.24, 2.45) is 0 Å². The van der Waals surface area contributed by atoms with Gasteiger partial charge in [0.05, 0.1) is 11.5 Å². The van der Waals surface area contributed by atoms with Crippen LogP contribution in [0.3, 0.4) is 0 Å². The standard InChI is InChI=1S/C12H18N2O3S/c1-9-11(13)3-2-4-12(9)18(16,17)14(7-8-15)10-5-6-10/h2-4,10,15H,5-8,13H2,1H3. The molecule has 0 bridgehead atoms. The van der Waals surface area contributed by atoms with Gasteiger partial charge in [0, 0.05) is 18.3 Å². The Morgan fingerprint density at radius 1 is 1.44 bits per heavy atom. The number of nitrogens with two attached hydrogens (primary N) is 1.